The summed E-state index contributed by atoms with van der Waals surface area (Å²) in [7, 11) is 3.41. The molecule has 0 bridgehead atoms. The zero-order valence-corrected chi connectivity index (χ0v) is 31.4. The van der Waals surface area contributed by atoms with Gasteiger partial charge in [-0.1, -0.05) is 23.2 Å². The van der Waals surface area contributed by atoms with Crippen LogP contribution in [0.4, 0.5) is 11.4 Å². The summed E-state index contributed by atoms with van der Waals surface area (Å²) in [6, 6.07) is 24.0. The standard InChI is InChI=1S/C42H46Cl2N6O2/c1-51-31-5-9-37-35(25-31)41(33-7-3-29(43)23-39(33)47-37)45-15-21-49-17-11-27(12-18-49)28-13-19-50(20-14-28)22-16-46-42-34-8-4-30(44)24-40(34)48-38-10-6-32(52-2)26-36(38)42/h3-10,23-28H,11-22H2,1-2H3,(H,45,47)(H,46,48). The van der Waals surface area contributed by atoms with Crippen LogP contribution in [0.25, 0.3) is 43.6 Å². The summed E-state index contributed by atoms with van der Waals surface area (Å²) >= 11 is 12.7. The predicted octanol–water partition coefficient (Wildman–Crippen LogP) is 9.36. The van der Waals surface area contributed by atoms with Gasteiger partial charge in [0.25, 0.3) is 0 Å². The molecule has 0 aliphatic carbocycles. The number of likely N-dealkylation sites (tertiary alicyclic amines) is 2. The molecule has 0 spiro atoms. The number of nitrogens with zero attached hydrogens (tertiary/aromatic N) is 4. The molecule has 2 saturated heterocycles. The number of fused-ring (bicyclic) bond motifs is 4. The molecule has 0 atom stereocenters. The molecule has 0 amide bonds. The average Bonchev–Trinajstić information content (AvgIpc) is 3.17. The Bertz CT molecular complexity index is 2060. The molecule has 2 N–H and O–H groups in total. The topological polar surface area (TPSA) is 74.8 Å². The van der Waals surface area contributed by atoms with E-state index in [0.29, 0.717) is 10.0 Å². The lowest BCUT2D eigenvalue weighted by Crippen LogP contribution is -2.42. The van der Waals surface area contributed by atoms with Crippen LogP contribution in [0.5, 0.6) is 11.5 Å². The lowest BCUT2D eigenvalue weighted by Gasteiger charge is -2.40. The summed E-state index contributed by atoms with van der Waals surface area (Å²) < 4.78 is 11.1. The van der Waals surface area contributed by atoms with Crippen molar-refractivity contribution in [2.24, 2.45) is 11.8 Å². The normalized spacial score (nSPS) is 16.6. The number of methoxy groups -OCH3 is 2. The first-order chi connectivity index (χ1) is 25.4. The van der Waals surface area contributed by atoms with Gasteiger partial charge in [-0.25, -0.2) is 9.97 Å². The third-order valence-electron chi connectivity index (χ3n) is 11.3. The van der Waals surface area contributed by atoms with Gasteiger partial charge < -0.3 is 29.9 Å². The molecule has 2 aliphatic heterocycles. The number of nitrogens with one attached hydrogen (secondary N) is 2. The maximum atomic E-state index is 6.34. The Kier molecular flexibility index (Phi) is 10.4. The molecule has 10 heteroatoms. The van der Waals surface area contributed by atoms with Gasteiger partial charge in [0.05, 0.1) is 47.7 Å². The highest BCUT2D eigenvalue weighted by molar-refractivity contribution is 6.32. The zero-order chi connectivity index (χ0) is 35.6. The van der Waals surface area contributed by atoms with Crippen LogP contribution in [0.3, 0.4) is 0 Å². The van der Waals surface area contributed by atoms with Crippen LogP contribution in [0.2, 0.25) is 10.0 Å². The molecule has 4 aromatic carbocycles. The fourth-order valence-electron chi connectivity index (χ4n) is 8.40. The molecule has 6 aromatic rings. The van der Waals surface area contributed by atoms with E-state index in [0.717, 1.165) is 105 Å². The summed E-state index contributed by atoms with van der Waals surface area (Å²) in [5.74, 6) is 3.31. The number of aromatic nitrogens is 2. The Morgan fingerprint density at radius 2 is 0.981 bits per heavy atom. The van der Waals surface area contributed by atoms with E-state index in [1.54, 1.807) is 14.2 Å². The van der Waals surface area contributed by atoms with Gasteiger partial charge in [0.2, 0.25) is 0 Å². The van der Waals surface area contributed by atoms with Crippen molar-refractivity contribution in [3.63, 3.8) is 0 Å². The Labute approximate surface area is 315 Å². The molecule has 2 aliphatic rings. The second kappa shape index (κ2) is 15.5. The smallest absolute Gasteiger partial charge is 0.119 e. The van der Waals surface area contributed by atoms with Crippen LogP contribution in [0.1, 0.15) is 25.7 Å². The van der Waals surface area contributed by atoms with Crippen LogP contribution in [-0.2, 0) is 0 Å². The second-order valence-corrected chi connectivity index (χ2v) is 15.1. The zero-order valence-electron chi connectivity index (χ0n) is 29.9. The minimum atomic E-state index is 0.695. The number of piperidine rings is 2. The quantitative estimate of drug-likeness (QED) is 0.128. The van der Waals surface area contributed by atoms with E-state index in [9.17, 15) is 0 Å². The van der Waals surface area contributed by atoms with Crippen LogP contribution in [0, 0.1) is 11.8 Å². The summed E-state index contributed by atoms with van der Waals surface area (Å²) in [4.78, 5) is 15.0. The SMILES string of the molecule is COc1ccc2nc3cc(Cl)ccc3c(NCCN3CCC(C4CCN(CCNc5c6ccc(Cl)cc6nc6ccc(OC)cc56)CC4)CC3)c2c1. The average molecular weight is 738 g/mol. The number of hydrogen-bond acceptors (Lipinski definition) is 8. The van der Waals surface area contributed by atoms with Crippen LogP contribution in [-0.4, -0.2) is 86.3 Å². The lowest BCUT2D eigenvalue weighted by atomic mass is 9.79. The monoisotopic (exact) mass is 736 g/mol. The van der Waals surface area contributed by atoms with Crippen molar-refractivity contribution in [2.75, 3.05) is 77.2 Å². The van der Waals surface area contributed by atoms with Gasteiger partial charge >= 0.3 is 0 Å². The molecule has 4 heterocycles. The predicted molar refractivity (Wildman–Crippen MR) is 217 cm³/mol. The number of anilines is 2. The molecule has 8 rings (SSSR count). The second-order valence-electron chi connectivity index (χ2n) is 14.3. The van der Waals surface area contributed by atoms with E-state index >= 15 is 0 Å². The van der Waals surface area contributed by atoms with Gasteiger partial charge in [0.1, 0.15) is 11.5 Å². The minimum Gasteiger partial charge on any atom is -0.497 e. The fraction of sp³-hybridized carbons (Fsp3) is 0.381. The summed E-state index contributed by atoms with van der Waals surface area (Å²) in [6.07, 6.45) is 5.16. The van der Waals surface area contributed by atoms with E-state index in [1.165, 1.54) is 51.9 Å². The Balaban J connectivity index is 0.824. The molecular weight excluding hydrogens is 691 g/mol. The third kappa shape index (κ3) is 7.40. The first kappa shape index (κ1) is 35.0. The van der Waals surface area contributed by atoms with Crippen molar-refractivity contribution < 1.29 is 9.47 Å². The van der Waals surface area contributed by atoms with Gasteiger partial charge in [-0.2, -0.15) is 0 Å². The van der Waals surface area contributed by atoms with E-state index in [1.807, 2.05) is 48.5 Å². The molecule has 8 nitrogen and oxygen atoms in total. The number of benzene rings is 4. The number of rotatable bonds is 11. The Morgan fingerprint density at radius 1 is 0.558 bits per heavy atom. The summed E-state index contributed by atoms with van der Waals surface area (Å²) in [5, 5.41) is 13.2. The first-order valence-corrected chi connectivity index (χ1v) is 19.3. The molecule has 270 valence electrons. The Morgan fingerprint density at radius 3 is 1.38 bits per heavy atom. The van der Waals surface area contributed by atoms with E-state index < -0.39 is 0 Å². The highest BCUT2D eigenvalue weighted by atomic mass is 35.5. The molecule has 0 unspecified atom stereocenters. The van der Waals surface area contributed by atoms with Gasteiger partial charge in [-0.05, 0) is 136 Å². The van der Waals surface area contributed by atoms with Crippen molar-refractivity contribution in [1.82, 2.24) is 19.8 Å². The molecule has 2 fully saturated rings. The number of pyridine rings is 2. The van der Waals surface area contributed by atoms with E-state index in [2.05, 4.69) is 44.7 Å². The molecule has 0 radical (unpaired) electrons. The van der Waals surface area contributed by atoms with Gasteiger partial charge in [0.15, 0.2) is 0 Å². The van der Waals surface area contributed by atoms with Crippen LogP contribution < -0.4 is 20.1 Å². The Hall–Kier alpha value is -4.08. The number of ether oxygens (including phenoxy) is 2. The number of halogens is 2. The third-order valence-corrected chi connectivity index (χ3v) is 11.7. The van der Waals surface area contributed by atoms with E-state index in [4.69, 9.17) is 42.6 Å². The molecular formula is C42H46Cl2N6O2. The summed E-state index contributed by atoms with van der Waals surface area (Å²) in [5.41, 5.74) is 5.87. The fourth-order valence-corrected chi connectivity index (χ4v) is 8.73. The maximum absolute atomic E-state index is 6.34. The molecule has 52 heavy (non-hydrogen) atoms. The van der Waals surface area contributed by atoms with Gasteiger partial charge in [-0.15, -0.1) is 0 Å². The molecule has 2 aromatic heterocycles. The largest absolute Gasteiger partial charge is 0.497 e. The van der Waals surface area contributed by atoms with Crippen LogP contribution >= 0.6 is 23.2 Å². The van der Waals surface area contributed by atoms with Crippen molar-refractivity contribution in [3.05, 3.63) is 82.8 Å². The first-order valence-electron chi connectivity index (χ1n) is 18.5. The van der Waals surface area contributed by atoms with Crippen molar-refractivity contribution >= 4 is 78.2 Å². The van der Waals surface area contributed by atoms with Gasteiger partial charge in [0, 0.05) is 57.8 Å². The lowest BCUT2D eigenvalue weighted by molar-refractivity contribution is 0.0996. The maximum Gasteiger partial charge on any atom is 0.119 e. The van der Waals surface area contributed by atoms with Crippen molar-refractivity contribution in [2.45, 2.75) is 25.7 Å². The van der Waals surface area contributed by atoms with E-state index in [-0.39, 0.29) is 0 Å². The minimum absolute atomic E-state index is 0.695. The van der Waals surface area contributed by atoms with Gasteiger partial charge in [-0.3, -0.25) is 0 Å². The van der Waals surface area contributed by atoms with Crippen molar-refractivity contribution in [3.8, 4) is 11.5 Å². The van der Waals surface area contributed by atoms with Crippen LogP contribution in [0.15, 0.2) is 72.8 Å². The highest BCUT2D eigenvalue weighted by Crippen LogP contribution is 2.37. The molecule has 0 saturated carbocycles. The number of hydrogen-bond donors (Lipinski definition) is 2. The summed E-state index contributed by atoms with van der Waals surface area (Å²) in [6.45, 7) is 8.45. The van der Waals surface area contributed by atoms with Crippen molar-refractivity contribution in [1.29, 1.82) is 0 Å². The highest BCUT2D eigenvalue weighted by Gasteiger charge is 2.29.